The summed E-state index contributed by atoms with van der Waals surface area (Å²) in [5.41, 5.74) is 0. The molecule has 0 aromatic rings. The van der Waals surface area contributed by atoms with E-state index in [1.807, 2.05) is 6.92 Å². The van der Waals surface area contributed by atoms with Gasteiger partial charge in [-0.15, -0.1) is 0 Å². The van der Waals surface area contributed by atoms with E-state index >= 15 is 0 Å². The lowest BCUT2D eigenvalue weighted by Gasteiger charge is -2.19. The van der Waals surface area contributed by atoms with E-state index in [9.17, 15) is 9.90 Å². The fourth-order valence-corrected chi connectivity index (χ4v) is 1.73. The van der Waals surface area contributed by atoms with Crippen molar-refractivity contribution in [3.63, 3.8) is 0 Å². The lowest BCUT2D eigenvalue weighted by atomic mass is 10.0. The standard InChI is InChI=1S/C10H20N2O2/c1-8(13)9-4-5-12(6-9)7-10(14)11(2)3/h8-9,13H,4-7H2,1-3H3. The van der Waals surface area contributed by atoms with Gasteiger partial charge in [-0.25, -0.2) is 0 Å². The van der Waals surface area contributed by atoms with Crippen molar-refractivity contribution < 1.29 is 9.90 Å². The summed E-state index contributed by atoms with van der Waals surface area (Å²) in [6.45, 7) is 4.07. The number of carbonyl (C=O) groups is 1. The van der Waals surface area contributed by atoms with Crippen molar-refractivity contribution in [2.75, 3.05) is 33.7 Å². The van der Waals surface area contributed by atoms with Gasteiger partial charge < -0.3 is 10.0 Å². The van der Waals surface area contributed by atoms with Crippen molar-refractivity contribution in [2.45, 2.75) is 19.4 Å². The predicted molar refractivity (Wildman–Crippen MR) is 54.9 cm³/mol. The van der Waals surface area contributed by atoms with Gasteiger partial charge >= 0.3 is 0 Å². The zero-order valence-electron chi connectivity index (χ0n) is 9.23. The largest absolute Gasteiger partial charge is 0.393 e. The molecule has 14 heavy (non-hydrogen) atoms. The van der Waals surface area contributed by atoms with E-state index in [0.29, 0.717) is 12.5 Å². The van der Waals surface area contributed by atoms with Crippen LogP contribution >= 0.6 is 0 Å². The summed E-state index contributed by atoms with van der Waals surface area (Å²) < 4.78 is 0. The van der Waals surface area contributed by atoms with Crippen LogP contribution in [0.1, 0.15) is 13.3 Å². The zero-order chi connectivity index (χ0) is 10.7. The monoisotopic (exact) mass is 200 g/mol. The number of aliphatic hydroxyl groups is 1. The van der Waals surface area contributed by atoms with Gasteiger partial charge in [0.05, 0.1) is 12.6 Å². The van der Waals surface area contributed by atoms with E-state index in [1.54, 1.807) is 19.0 Å². The molecule has 4 heteroatoms. The maximum absolute atomic E-state index is 11.4. The summed E-state index contributed by atoms with van der Waals surface area (Å²) >= 11 is 0. The Morgan fingerprint density at radius 3 is 2.71 bits per heavy atom. The van der Waals surface area contributed by atoms with Crippen molar-refractivity contribution in [3.05, 3.63) is 0 Å². The van der Waals surface area contributed by atoms with Gasteiger partial charge in [0.1, 0.15) is 0 Å². The van der Waals surface area contributed by atoms with Crippen molar-refractivity contribution in [2.24, 2.45) is 5.92 Å². The SMILES string of the molecule is CC(O)C1CCN(CC(=O)N(C)C)C1. The second-order valence-electron chi connectivity index (χ2n) is 4.31. The number of amides is 1. The van der Waals surface area contributed by atoms with E-state index in [-0.39, 0.29) is 12.0 Å². The van der Waals surface area contributed by atoms with Gasteiger partial charge in [0, 0.05) is 20.6 Å². The maximum Gasteiger partial charge on any atom is 0.236 e. The van der Waals surface area contributed by atoms with Crippen LogP contribution < -0.4 is 0 Å². The second kappa shape index (κ2) is 4.75. The summed E-state index contributed by atoms with van der Waals surface area (Å²) in [5, 5.41) is 9.39. The van der Waals surface area contributed by atoms with Crippen molar-refractivity contribution in [1.82, 2.24) is 9.80 Å². The van der Waals surface area contributed by atoms with Crippen LogP contribution in [-0.2, 0) is 4.79 Å². The van der Waals surface area contributed by atoms with Crippen LogP contribution in [0.4, 0.5) is 0 Å². The average Bonchev–Trinajstić information content (AvgIpc) is 2.52. The smallest absolute Gasteiger partial charge is 0.236 e. The van der Waals surface area contributed by atoms with E-state index in [1.165, 1.54) is 0 Å². The van der Waals surface area contributed by atoms with Gasteiger partial charge in [-0.05, 0) is 25.8 Å². The Morgan fingerprint density at radius 1 is 1.64 bits per heavy atom. The summed E-state index contributed by atoms with van der Waals surface area (Å²) in [4.78, 5) is 15.1. The third kappa shape index (κ3) is 2.96. The third-order valence-electron chi connectivity index (χ3n) is 2.85. The number of carbonyl (C=O) groups excluding carboxylic acids is 1. The van der Waals surface area contributed by atoms with E-state index in [4.69, 9.17) is 0 Å². The highest BCUT2D eigenvalue weighted by Gasteiger charge is 2.27. The number of aliphatic hydroxyl groups excluding tert-OH is 1. The first-order valence-corrected chi connectivity index (χ1v) is 5.11. The van der Waals surface area contributed by atoms with Crippen LogP contribution in [0, 0.1) is 5.92 Å². The Balaban J connectivity index is 2.32. The highest BCUT2D eigenvalue weighted by molar-refractivity contribution is 5.77. The first-order valence-electron chi connectivity index (χ1n) is 5.11. The Bertz CT molecular complexity index is 204. The molecular formula is C10H20N2O2. The van der Waals surface area contributed by atoms with Crippen molar-refractivity contribution in [3.8, 4) is 0 Å². The van der Waals surface area contributed by atoms with Crippen molar-refractivity contribution in [1.29, 1.82) is 0 Å². The second-order valence-corrected chi connectivity index (χ2v) is 4.31. The number of nitrogens with zero attached hydrogens (tertiary/aromatic N) is 2. The molecule has 2 unspecified atom stereocenters. The molecule has 82 valence electrons. The minimum atomic E-state index is -0.255. The average molecular weight is 200 g/mol. The number of likely N-dealkylation sites (N-methyl/N-ethyl adjacent to an activating group) is 1. The topological polar surface area (TPSA) is 43.8 Å². The fraction of sp³-hybridized carbons (Fsp3) is 0.900. The highest BCUT2D eigenvalue weighted by atomic mass is 16.3. The Kier molecular flexibility index (Phi) is 3.89. The summed E-state index contributed by atoms with van der Waals surface area (Å²) in [5.74, 6) is 0.473. The molecule has 0 aromatic heterocycles. The van der Waals surface area contributed by atoms with Gasteiger partial charge in [0.25, 0.3) is 0 Å². The molecular weight excluding hydrogens is 180 g/mol. The molecule has 0 aliphatic carbocycles. The highest BCUT2D eigenvalue weighted by Crippen LogP contribution is 2.19. The van der Waals surface area contributed by atoms with Crippen LogP contribution in [0.3, 0.4) is 0 Å². The molecule has 1 rings (SSSR count). The molecule has 1 aliphatic heterocycles. The number of hydrogen-bond acceptors (Lipinski definition) is 3. The first kappa shape index (κ1) is 11.5. The Labute approximate surface area is 85.5 Å². The molecule has 0 aromatic carbocycles. The molecule has 1 N–H and O–H groups in total. The first-order chi connectivity index (χ1) is 6.50. The van der Waals surface area contributed by atoms with Crippen LogP contribution in [0.15, 0.2) is 0 Å². The van der Waals surface area contributed by atoms with Crippen LogP contribution in [0.2, 0.25) is 0 Å². The minimum absolute atomic E-state index is 0.135. The molecule has 2 atom stereocenters. The van der Waals surface area contributed by atoms with Crippen LogP contribution in [-0.4, -0.2) is 60.6 Å². The van der Waals surface area contributed by atoms with Crippen LogP contribution in [0.25, 0.3) is 0 Å². The van der Waals surface area contributed by atoms with E-state index in [0.717, 1.165) is 19.5 Å². The van der Waals surface area contributed by atoms with E-state index < -0.39 is 0 Å². The van der Waals surface area contributed by atoms with Gasteiger partial charge in [-0.2, -0.15) is 0 Å². The molecule has 1 aliphatic rings. The summed E-state index contributed by atoms with van der Waals surface area (Å²) in [7, 11) is 3.54. The summed E-state index contributed by atoms with van der Waals surface area (Å²) in [6.07, 6.45) is 0.743. The number of likely N-dealkylation sites (tertiary alicyclic amines) is 1. The normalized spacial score (nSPS) is 25.0. The Morgan fingerprint density at radius 2 is 2.29 bits per heavy atom. The Hall–Kier alpha value is -0.610. The number of rotatable bonds is 3. The van der Waals surface area contributed by atoms with E-state index in [2.05, 4.69) is 4.90 Å². The van der Waals surface area contributed by atoms with Gasteiger partial charge in [-0.3, -0.25) is 9.69 Å². The van der Waals surface area contributed by atoms with Crippen LogP contribution in [0.5, 0.6) is 0 Å². The van der Waals surface area contributed by atoms with Crippen molar-refractivity contribution >= 4 is 5.91 Å². The predicted octanol–water partition coefficient (Wildman–Crippen LogP) is -0.223. The molecule has 4 nitrogen and oxygen atoms in total. The third-order valence-corrected chi connectivity index (χ3v) is 2.85. The molecule has 0 spiro atoms. The molecule has 1 heterocycles. The molecule has 1 amide bonds. The summed E-state index contributed by atoms with van der Waals surface area (Å²) in [6, 6.07) is 0. The lowest BCUT2D eigenvalue weighted by molar-refractivity contribution is -0.129. The molecule has 0 bridgehead atoms. The number of hydrogen-bond donors (Lipinski definition) is 1. The lowest BCUT2D eigenvalue weighted by Crippen LogP contribution is -2.35. The maximum atomic E-state index is 11.4. The van der Waals surface area contributed by atoms with Gasteiger partial charge in [0.15, 0.2) is 0 Å². The van der Waals surface area contributed by atoms with Gasteiger partial charge in [-0.1, -0.05) is 0 Å². The molecule has 1 fully saturated rings. The zero-order valence-corrected chi connectivity index (χ0v) is 9.23. The molecule has 0 radical (unpaired) electrons. The fourth-order valence-electron chi connectivity index (χ4n) is 1.73. The molecule has 1 saturated heterocycles. The quantitative estimate of drug-likeness (QED) is 0.685. The molecule has 0 saturated carbocycles. The van der Waals surface area contributed by atoms with Gasteiger partial charge in [0.2, 0.25) is 5.91 Å². The minimum Gasteiger partial charge on any atom is -0.393 e.